The van der Waals surface area contributed by atoms with Crippen LogP contribution in [0.4, 0.5) is 11.9 Å². The van der Waals surface area contributed by atoms with Crippen LogP contribution in [0.25, 0.3) is 5.69 Å². The van der Waals surface area contributed by atoms with Crippen molar-refractivity contribution in [2.75, 3.05) is 24.7 Å². The number of nitrogens with one attached hydrogen (secondary N) is 1. The number of nitrogens with two attached hydrogens (primary N) is 1. The first-order chi connectivity index (χ1) is 12.0. The Morgan fingerprint density at radius 3 is 2.68 bits per heavy atom. The third-order valence-electron chi connectivity index (χ3n) is 3.36. The highest BCUT2D eigenvalue weighted by Crippen LogP contribution is 2.08. The van der Waals surface area contributed by atoms with Crippen LogP contribution in [0.1, 0.15) is 16.2 Å². The summed E-state index contributed by atoms with van der Waals surface area (Å²) in [7, 11) is 3.60. The van der Waals surface area contributed by atoms with Crippen molar-refractivity contribution in [2.24, 2.45) is 0 Å². The summed E-state index contributed by atoms with van der Waals surface area (Å²) >= 11 is 0. The Morgan fingerprint density at radius 1 is 1.20 bits per heavy atom. The number of carbonyl (C=O) groups excluding carboxylic acids is 1. The molecule has 0 atom stereocenters. The van der Waals surface area contributed by atoms with Gasteiger partial charge in [0, 0.05) is 20.3 Å². The topological polar surface area (TPSA) is 115 Å². The van der Waals surface area contributed by atoms with Crippen molar-refractivity contribution in [3.63, 3.8) is 0 Å². The third kappa shape index (κ3) is 3.89. The maximum Gasteiger partial charge on any atom is 0.254 e. The number of aromatic nitrogens is 5. The van der Waals surface area contributed by atoms with E-state index in [1.54, 1.807) is 29.9 Å². The molecular formula is C16H18N8O. The van der Waals surface area contributed by atoms with Crippen molar-refractivity contribution >= 4 is 17.8 Å². The van der Waals surface area contributed by atoms with Gasteiger partial charge in [0.15, 0.2) is 5.82 Å². The van der Waals surface area contributed by atoms with Crippen molar-refractivity contribution in [1.82, 2.24) is 30.0 Å². The molecule has 25 heavy (non-hydrogen) atoms. The van der Waals surface area contributed by atoms with E-state index in [9.17, 15) is 4.79 Å². The molecule has 3 N–H and O–H groups in total. The molecule has 0 spiro atoms. The van der Waals surface area contributed by atoms with E-state index in [-0.39, 0.29) is 18.4 Å². The van der Waals surface area contributed by atoms with Gasteiger partial charge >= 0.3 is 0 Å². The van der Waals surface area contributed by atoms with Gasteiger partial charge in [0.2, 0.25) is 11.9 Å². The van der Waals surface area contributed by atoms with Crippen LogP contribution in [-0.4, -0.2) is 44.7 Å². The van der Waals surface area contributed by atoms with E-state index in [4.69, 9.17) is 5.73 Å². The molecule has 2 heterocycles. The second kappa shape index (κ2) is 6.95. The van der Waals surface area contributed by atoms with Crippen LogP contribution in [0.3, 0.4) is 0 Å². The number of hydrogen-bond acceptors (Lipinski definition) is 7. The largest absolute Gasteiger partial charge is 0.368 e. The van der Waals surface area contributed by atoms with E-state index >= 15 is 0 Å². The molecule has 0 fully saturated rings. The molecule has 2 aromatic heterocycles. The molecule has 0 radical (unpaired) electrons. The highest BCUT2D eigenvalue weighted by atomic mass is 16.1. The number of rotatable bonds is 5. The molecule has 0 unspecified atom stereocenters. The van der Waals surface area contributed by atoms with Gasteiger partial charge in [-0.2, -0.15) is 20.1 Å². The standard InChI is InChI=1S/C16H18N8O/c1-23(2)16-21-13(20-15(17)22-16)9-18-14(25)11-8-19-24(10-11)12-6-4-3-5-7-12/h3-8,10H,9H2,1-2H3,(H,18,25)(H2,17,20,21,22). The van der Waals surface area contributed by atoms with Crippen LogP contribution in [0.5, 0.6) is 0 Å². The first-order valence-electron chi connectivity index (χ1n) is 7.59. The smallest absolute Gasteiger partial charge is 0.254 e. The van der Waals surface area contributed by atoms with Gasteiger partial charge in [-0.05, 0) is 12.1 Å². The van der Waals surface area contributed by atoms with Crippen LogP contribution in [-0.2, 0) is 6.54 Å². The molecule has 9 nitrogen and oxygen atoms in total. The van der Waals surface area contributed by atoms with Crippen molar-refractivity contribution in [3.8, 4) is 5.69 Å². The Hall–Kier alpha value is -3.49. The molecule has 0 saturated heterocycles. The lowest BCUT2D eigenvalue weighted by atomic mass is 10.3. The SMILES string of the molecule is CN(C)c1nc(N)nc(CNC(=O)c2cnn(-c3ccccc3)c2)n1. The van der Waals surface area contributed by atoms with E-state index in [2.05, 4.69) is 25.4 Å². The van der Waals surface area contributed by atoms with E-state index in [0.717, 1.165) is 5.69 Å². The number of hydrogen-bond donors (Lipinski definition) is 2. The Labute approximate surface area is 144 Å². The molecule has 3 rings (SSSR count). The number of para-hydroxylation sites is 1. The maximum absolute atomic E-state index is 12.3. The molecule has 128 valence electrons. The molecule has 0 aliphatic rings. The van der Waals surface area contributed by atoms with E-state index in [0.29, 0.717) is 17.3 Å². The molecule has 1 amide bonds. The zero-order valence-corrected chi connectivity index (χ0v) is 13.9. The highest BCUT2D eigenvalue weighted by molar-refractivity contribution is 5.93. The maximum atomic E-state index is 12.3. The summed E-state index contributed by atoms with van der Waals surface area (Å²) in [6.07, 6.45) is 3.17. The number of anilines is 2. The highest BCUT2D eigenvalue weighted by Gasteiger charge is 2.11. The van der Waals surface area contributed by atoms with Gasteiger partial charge in [-0.1, -0.05) is 18.2 Å². The molecule has 9 heteroatoms. The summed E-state index contributed by atoms with van der Waals surface area (Å²) in [6.45, 7) is 0.142. The predicted octanol–water partition coefficient (Wildman–Crippen LogP) is 0.635. The van der Waals surface area contributed by atoms with Gasteiger partial charge in [0.1, 0.15) is 0 Å². The van der Waals surface area contributed by atoms with E-state index in [1.165, 1.54) is 6.20 Å². The zero-order valence-electron chi connectivity index (χ0n) is 13.9. The average Bonchev–Trinajstić information content (AvgIpc) is 3.10. The molecule has 0 aliphatic heterocycles. The van der Waals surface area contributed by atoms with Crippen molar-refractivity contribution in [2.45, 2.75) is 6.54 Å². The summed E-state index contributed by atoms with van der Waals surface area (Å²) in [5.41, 5.74) is 6.99. The molecule has 1 aromatic carbocycles. The Kier molecular flexibility index (Phi) is 4.55. The van der Waals surface area contributed by atoms with Gasteiger partial charge in [0.25, 0.3) is 5.91 Å². The van der Waals surface area contributed by atoms with E-state index in [1.807, 2.05) is 30.3 Å². The number of nitrogen functional groups attached to an aromatic ring is 1. The third-order valence-corrected chi connectivity index (χ3v) is 3.36. The van der Waals surface area contributed by atoms with Crippen LogP contribution < -0.4 is 16.0 Å². The second-order valence-electron chi connectivity index (χ2n) is 5.50. The number of nitrogens with zero attached hydrogens (tertiary/aromatic N) is 6. The van der Waals surface area contributed by atoms with Gasteiger partial charge in [-0.3, -0.25) is 4.79 Å². The minimum atomic E-state index is -0.271. The number of amides is 1. The Balaban J connectivity index is 1.68. The van der Waals surface area contributed by atoms with Crippen molar-refractivity contribution < 1.29 is 4.79 Å². The molecular weight excluding hydrogens is 320 g/mol. The summed E-state index contributed by atoms with van der Waals surface area (Å²) in [4.78, 5) is 26.3. The average molecular weight is 338 g/mol. The summed E-state index contributed by atoms with van der Waals surface area (Å²) < 4.78 is 1.64. The van der Waals surface area contributed by atoms with Crippen LogP contribution in [0.2, 0.25) is 0 Å². The van der Waals surface area contributed by atoms with Crippen molar-refractivity contribution in [3.05, 3.63) is 54.1 Å². The summed E-state index contributed by atoms with van der Waals surface area (Å²) in [5, 5.41) is 6.96. The monoisotopic (exact) mass is 338 g/mol. The summed E-state index contributed by atoms with van der Waals surface area (Å²) in [5.74, 6) is 0.668. The van der Waals surface area contributed by atoms with E-state index < -0.39 is 0 Å². The molecule has 0 aliphatic carbocycles. The fourth-order valence-electron chi connectivity index (χ4n) is 2.13. The lowest BCUT2D eigenvalue weighted by Gasteiger charge is -2.11. The lowest BCUT2D eigenvalue weighted by Crippen LogP contribution is -2.25. The first kappa shape index (κ1) is 16.4. The molecule has 0 saturated carbocycles. The number of carbonyl (C=O) groups is 1. The molecule has 0 bridgehead atoms. The van der Waals surface area contributed by atoms with Crippen LogP contribution in [0, 0.1) is 0 Å². The number of benzene rings is 1. The first-order valence-corrected chi connectivity index (χ1v) is 7.59. The fourth-order valence-corrected chi connectivity index (χ4v) is 2.13. The normalized spacial score (nSPS) is 10.5. The predicted molar refractivity (Wildman–Crippen MR) is 93.3 cm³/mol. The fraction of sp³-hybridized carbons (Fsp3) is 0.188. The second-order valence-corrected chi connectivity index (χ2v) is 5.50. The van der Waals surface area contributed by atoms with Crippen molar-refractivity contribution in [1.29, 1.82) is 0 Å². The van der Waals surface area contributed by atoms with Gasteiger partial charge in [-0.25, -0.2) is 4.68 Å². The molecule has 3 aromatic rings. The zero-order chi connectivity index (χ0) is 17.8. The van der Waals surface area contributed by atoms with Gasteiger partial charge in [-0.15, -0.1) is 0 Å². The van der Waals surface area contributed by atoms with Crippen LogP contribution in [0.15, 0.2) is 42.7 Å². The van der Waals surface area contributed by atoms with Gasteiger partial charge < -0.3 is 16.0 Å². The summed E-state index contributed by atoms with van der Waals surface area (Å²) in [6, 6.07) is 9.55. The quantitative estimate of drug-likeness (QED) is 0.701. The lowest BCUT2D eigenvalue weighted by molar-refractivity contribution is 0.0950. The van der Waals surface area contributed by atoms with Gasteiger partial charge in [0.05, 0.1) is 24.0 Å². The minimum absolute atomic E-state index is 0.111. The minimum Gasteiger partial charge on any atom is -0.368 e. The Bertz CT molecular complexity index is 875. The van der Waals surface area contributed by atoms with Crippen LogP contribution >= 0.6 is 0 Å². The Morgan fingerprint density at radius 2 is 1.96 bits per heavy atom.